The average molecular weight is 152 g/mol. The molecule has 58 valence electrons. The highest BCUT2D eigenvalue weighted by Crippen LogP contribution is 2.03. The number of rotatable bonds is 3. The van der Waals surface area contributed by atoms with E-state index in [0.717, 1.165) is 0 Å². The van der Waals surface area contributed by atoms with Crippen LogP contribution in [0.3, 0.4) is 0 Å². The molecule has 0 aliphatic rings. The third kappa shape index (κ3) is 2.04. The number of carbonyl (C=O) groups excluding carboxylic acids is 2. The van der Waals surface area contributed by atoms with Gasteiger partial charge in [-0.2, -0.15) is 0 Å². The highest BCUT2D eigenvalue weighted by molar-refractivity contribution is 6.07. The summed E-state index contributed by atoms with van der Waals surface area (Å²) in [5, 5.41) is 0. The highest BCUT2D eigenvalue weighted by Gasteiger charge is 2.08. The maximum absolute atomic E-state index is 11.0. The molecule has 3 heteroatoms. The van der Waals surface area contributed by atoms with Crippen molar-refractivity contribution in [2.24, 2.45) is 0 Å². The Morgan fingerprint density at radius 3 is 2.73 bits per heavy atom. The standard InChI is InChI=1S/C8H8O3/c1-6(9)4-8(10)7-2-3-11-5-7/h2-3,5H,4H2,1H3. The van der Waals surface area contributed by atoms with Gasteiger partial charge in [0.2, 0.25) is 0 Å². The van der Waals surface area contributed by atoms with Gasteiger partial charge in [0.25, 0.3) is 0 Å². The Morgan fingerprint density at radius 2 is 2.27 bits per heavy atom. The van der Waals surface area contributed by atoms with Gasteiger partial charge in [0, 0.05) is 0 Å². The van der Waals surface area contributed by atoms with E-state index in [1.54, 1.807) is 6.07 Å². The van der Waals surface area contributed by atoms with Gasteiger partial charge >= 0.3 is 0 Å². The summed E-state index contributed by atoms with van der Waals surface area (Å²) in [5.41, 5.74) is 0.459. The highest BCUT2D eigenvalue weighted by atomic mass is 16.3. The van der Waals surface area contributed by atoms with Gasteiger partial charge in [0.1, 0.15) is 12.0 Å². The molecule has 0 atom stereocenters. The maximum Gasteiger partial charge on any atom is 0.173 e. The predicted molar refractivity (Wildman–Crippen MR) is 38.3 cm³/mol. The fourth-order valence-electron chi connectivity index (χ4n) is 0.751. The molecule has 0 unspecified atom stereocenters. The number of ketones is 2. The lowest BCUT2D eigenvalue weighted by Gasteiger charge is -1.89. The molecule has 0 saturated carbocycles. The first-order valence-corrected chi connectivity index (χ1v) is 3.25. The molecule has 0 saturated heterocycles. The molecule has 0 radical (unpaired) electrons. The van der Waals surface area contributed by atoms with E-state index < -0.39 is 0 Å². The van der Waals surface area contributed by atoms with Crippen LogP contribution in [0.2, 0.25) is 0 Å². The number of Topliss-reactive ketones (excluding diaryl/α,β-unsaturated/α-hetero) is 2. The van der Waals surface area contributed by atoms with Crippen molar-refractivity contribution in [3.8, 4) is 0 Å². The van der Waals surface area contributed by atoms with E-state index in [2.05, 4.69) is 4.42 Å². The van der Waals surface area contributed by atoms with Crippen molar-refractivity contribution < 1.29 is 14.0 Å². The van der Waals surface area contributed by atoms with Crippen LogP contribution in [0.5, 0.6) is 0 Å². The Hall–Kier alpha value is -1.38. The Bertz CT molecular complexity index is 259. The molecular formula is C8H8O3. The molecule has 0 aliphatic heterocycles. The summed E-state index contributed by atoms with van der Waals surface area (Å²) in [6, 6.07) is 1.55. The molecule has 0 amide bonds. The van der Waals surface area contributed by atoms with Crippen molar-refractivity contribution >= 4 is 11.6 Å². The fraction of sp³-hybridized carbons (Fsp3) is 0.250. The second kappa shape index (κ2) is 3.14. The lowest BCUT2D eigenvalue weighted by molar-refractivity contribution is -0.116. The zero-order valence-electron chi connectivity index (χ0n) is 6.16. The van der Waals surface area contributed by atoms with E-state index in [9.17, 15) is 9.59 Å². The van der Waals surface area contributed by atoms with Gasteiger partial charge in [-0.1, -0.05) is 0 Å². The molecule has 1 rings (SSSR count). The Labute approximate surface area is 64.0 Å². The summed E-state index contributed by atoms with van der Waals surface area (Å²) in [7, 11) is 0. The van der Waals surface area contributed by atoms with Crippen molar-refractivity contribution in [3.63, 3.8) is 0 Å². The molecule has 1 heterocycles. The van der Waals surface area contributed by atoms with Gasteiger partial charge in [-0.15, -0.1) is 0 Å². The zero-order valence-corrected chi connectivity index (χ0v) is 6.16. The minimum absolute atomic E-state index is 0.0421. The van der Waals surface area contributed by atoms with E-state index in [1.165, 1.54) is 19.5 Å². The van der Waals surface area contributed by atoms with Crippen LogP contribution in [-0.4, -0.2) is 11.6 Å². The monoisotopic (exact) mass is 152 g/mol. The molecule has 1 aromatic rings. The van der Waals surface area contributed by atoms with E-state index in [-0.39, 0.29) is 18.0 Å². The summed E-state index contributed by atoms with van der Waals surface area (Å²) in [4.78, 5) is 21.5. The number of hydrogen-bond acceptors (Lipinski definition) is 3. The van der Waals surface area contributed by atoms with Gasteiger partial charge in [0.05, 0.1) is 18.2 Å². The van der Waals surface area contributed by atoms with Crippen LogP contribution in [0.4, 0.5) is 0 Å². The molecule has 0 spiro atoms. The summed E-state index contributed by atoms with van der Waals surface area (Å²) in [6.07, 6.45) is 2.71. The van der Waals surface area contributed by atoms with E-state index in [0.29, 0.717) is 5.56 Å². The maximum atomic E-state index is 11.0. The first-order chi connectivity index (χ1) is 5.20. The number of furan rings is 1. The fourth-order valence-corrected chi connectivity index (χ4v) is 0.751. The third-order valence-corrected chi connectivity index (χ3v) is 1.25. The second-order valence-electron chi connectivity index (χ2n) is 2.31. The van der Waals surface area contributed by atoms with Crippen molar-refractivity contribution in [1.29, 1.82) is 0 Å². The molecule has 11 heavy (non-hydrogen) atoms. The van der Waals surface area contributed by atoms with Crippen molar-refractivity contribution in [2.45, 2.75) is 13.3 Å². The minimum Gasteiger partial charge on any atom is -0.472 e. The predicted octanol–water partition coefficient (Wildman–Crippen LogP) is 1.44. The minimum atomic E-state index is -0.189. The molecule has 1 aromatic heterocycles. The molecule has 0 fully saturated rings. The second-order valence-corrected chi connectivity index (χ2v) is 2.31. The first-order valence-electron chi connectivity index (χ1n) is 3.25. The smallest absolute Gasteiger partial charge is 0.173 e. The lowest BCUT2D eigenvalue weighted by atomic mass is 10.1. The molecule has 0 N–H and O–H groups in total. The van der Waals surface area contributed by atoms with Gasteiger partial charge in [-0.05, 0) is 13.0 Å². The van der Waals surface area contributed by atoms with Crippen LogP contribution in [0, 0.1) is 0 Å². The number of carbonyl (C=O) groups is 2. The third-order valence-electron chi connectivity index (χ3n) is 1.25. The summed E-state index contributed by atoms with van der Waals surface area (Å²) in [6.45, 7) is 1.39. The van der Waals surface area contributed by atoms with Crippen LogP contribution in [0.25, 0.3) is 0 Å². The van der Waals surface area contributed by atoms with Crippen LogP contribution in [0.1, 0.15) is 23.7 Å². The van der Waals surface area contributed by atoms with Gasteiger partial charge in [0.15, 0.2) is 5.78 Å². The van der Waals surface area contributed by atoms with Crippen LogP contribution < -0.4 is 0 Å². The average Bonchev–Trinajstić information content (AvgIpc) is 2.35. The SMILES string of the molecule is CC(=O)CC(=O)c1ccoc1. The van der Waals surface area contributed by atoms with Crippen molar-refractivity contribution in [1.82, 2.24) is 0 Å². The zero-order chi connectivity index (χ0) is 8.27. The largest absolute Gasteiger partial charge is 0.472 e. The van der Waals surface area contributed by atoms with Crippen molar-refractivity contribution in [2.75, 3.05) is 0 Å². The van der Waals surface area contributed by atoms with Crippen LogP contribution in [0.15, 0.2) is 23.0 Å². The van der Waals surface area contributed by atoms with Crippen LogP contribution in [-0.2, 0) is 4.79 Å². The number of hydrogen-bond donors (Lipinski definition) is 0. The summed E-state index contributed by atoms with van der Waals surface area (Å²) in [5.74, 6) is -0.317. The van der Waals surface area contributed by atoms with Gasteiger partial charge in [-0.25, -0.2) is 0 Å². The molecule has 0 aromatic carbocycles. The normalized spacial score (nSPS) is 9.55. The van der Waals surface area contributed by atoms with Crippen molar-refractivity contribution in [3.05, 3.63) is 24.2 Å². The molecule has 3 nitrogen and oxygen atoms in total. The van der Waals surface area contributed by atoms with E-state index in [1.807, 2.05) is 0 Å². The Balaban J connectivity index is 2.64. The van der Waals surface area contributed by atoms with E-state index in [4.69, 9.17) is 0 Å². The van der Waals surface area contributed by atoms with Gasteiger partial charge < -0.3 is 4.42 Å². The lowest BCUT2D eigenvalue weighted by Crippen LogP contribution is -2.03. The quantitative estimate of drug-likeness (QED) is 0.486. The Morgan fingerprint density at radius 1 is 1.55 bits per heavy atom. The summed E-state index contributed by atoms with van der Waals surface area (Å²) >= 11 is 0. The topological polar surface area (TPSA) is 47.3 Å². The molecule has 0 aliphatic carbocycles. The van der Waals surface area contributed by atoms with Gasteiger partial charge in [-0.3, -0.25) is 9.59 Å². The Kier molecular flexibility index (Phi) is 2.21. The van der Waals surface area contributed by atoms with Crippen LogP contribution >= 0.6 is 0 Å². The summed E-state index contributed by atoms with van der Waals surface area (Å²) < 4.78 is 4.69. The first kappa shape index (κ1) is 7.72. The van der Waals surface area contributed by atoms with E-state index >= 15 is 0 Å². The molecular weight excluding hydrogens is 144 g/mol. The molecule has 0 bridgehead atoms.